The summed E-state index contributed by atoms with van der Waals surface area (Å²) in [4.78, 5) is 3.87. The number of nitrogens with zero attached hydrogens (tertiary/aromatic N) is 2. The molecule has 0 saturated carbocycles. The fraction of sp³-hybridized carbons (Fsp3) is 0.700. The third-order valence-electron chi connectivity index (χ3n) is 3.09. The van der Waals surface area contributed by atoms with Gasteiger partial charge in [0.2, 0.25) is 0 Å². The van der Waals surface area contributed by atoms with Crippen molar-refractivity contribution in [1.82, 2.24) is 19.6 Å². The quantitative estimate of drug-likeness (QED) is 0.830. The highest BCUT2D eigenvalue weighted by Crippen LogP contribution is 2.14. The summed E-state index contributed by atoms with van der Waals surface area (Å²) >= 11 is 0. The molecule has 0 amide bonds. The van der Waals surface area contributed by atoms with E-state index in [1.54, 1.807) is 11.6 Å². The number of sulfonamides is 1. The summed E-state index contributed by atoms with van der Waals surface area (Å²) in [7, 11) is -1.75. The van der Waals surface area contributed by atoms with Crippen LogP contribution in [0.4, 0.5) is 0 Å². The Hall–Kier alpha value is -0.630. The summed E-state index contributed by atoms with van der Waals surface area (Å²) in [6.07, 6.45) is 3.97. The van der Waals surface area contributed by atoms with Crippen LogP contribution in [-0.2, 0) is 17.1 Å². The lowest BCUT2D eigenvalue weighted by molar-refractivity contribution is 0.327. The molecule has 0 aliphatic carbocycles. The predicted octanol–water partition coefficient (Wildman–Crippen LogP) is 0.118. The van der Waals surface area contributed by atoms with Crippen LogP contribution in [0.3, 0.4) is 0 Å². The molecule has 2 N–H and O–H groups in total. The Kier molecular flexibility index (Phi) is 5.15. The van der Waals surface area contributed by atoms with E-state index in [9.17, 15) is 8.42 Å². The molecule has 6 nitrogen and oxygen atoms in total. The number of rotatable bonds is 3. The van der Waals surface area contributed by atoms with Gasteiger partial charge in [0, 0.05) is 25.8 Å². The topological polar surface area (TPSA) is 76.0 Å². The molecule has 1 aromatic heterocycles. The van der Waals surface area contributed by atoms with Gasteiger partial charge in [-0.25, -0.2) is 18.1 Å². The van der Waals surface area contributed by atoms with E-state index in [-0.39, 0.29) is 23.5 Å². The summed E-state index contributed by atoms with van der Waals surface area (Å²) in [5.74, 6) is 0.342. The van der Waals surface area contributed by atoms with Gasteiger partial charge in [0.15, 0.2) is 5.03 Å². The van der Waals surface area contributed by atoms with Gasteiger partial charge in [-0.2, -0.15) is 0 Å². The first-order valence-corrected chi connectivity index (χ1v) is 7.18. The van der Waals surface area contributed by atoms with E-state index >= 15 is 0 Å². The molecule has 1 aromatic rings. The summed E-state index contributed by atoms with van der Waals surface area (Å²) in [5.41, 5.74) is 0. The number of nitrogens with one attached hydrogen (secondary N) is 2. The fourth-order valence-electron chi connectivity index (χ4n) is 1.93. The Labute approximate surface area is 114 Å². The Morgan fingerprint density at radius 3 is 2.83 bits per heavy atom. The Morgan fingerprint density at radius 2 is 2.28 bits per heavy atom. The molecule has 1 aliphatic rings. The molecule has 1 saturated heterocycles. The number of halogens is 1. The van der Waals surface area contributed by atoms with E-state index in [2.05, 4.69) is 21.9 Å². The zero-order chi connectivity index (χ0) is 12.5. The second-order valence-corrected chi connectivity index (χ2v) is 6.24. The van der Waals surface area contributed by atoms with Crippen molar-refractivity contribution in [2.24, 2.45) is 13.0 Å². The molecule has 2 unspecified atom stereocenters. The zero-order valence-corrected chi connectivity index (χ0v) is 12.1. The highest BCUT2D eigenvalue weighted by atomic mass is 35.5. The van der Waals surface area contributed by atoms with Gasteiger partial charge in [0.05, 0.1) is 6.33 Å². The van der Waals surface area contributed by atoms with Crippen LogP contribution in [0.2, 0.25) is 0 Å². The van der Waals surface area contributed by atoms with Crippen LogP contribution in [0.25, 0.3) is 0 Å². The van der Waals surface area contributed by atoms with Crippen LogP contribution < -0.4 is 10.0 Å². The minimum Gasteiger partial charge on any atom is -0.339 e. The van der Waals surface area contributed by atoms with E-state index < -0.39 is 10.0 Å². The molecular formula is C10H19ClN4O2S. The van der Waals surface area contributed by atoms with Crippen LogP contribution in [0, 0.1) is 5.92 Å². The van der Waals surface area contributed by atoms with E-state index in [0.29, 0.717) is 12.5 Å². The third kappa shape index (κ3) is 3.44. The second-order valence-electron chi connectivity index (χ2n) is 4.58. The third-order valence-corrected chi connectivity index (χ3v) is 4.47. The van der Waals surface area contributed by atoms with E-state index in [0.717, 1.165) is 13.0 Å². The molecule has 18 heavy (non-hydrogen) atoms. The van der Waals surface area contributed by atoms with Crippen LogP contribution in [0.5, 0.6) is 0 Å². The maximum absolute atomic E-state index is 12.0. The van der Waals surface area contributed by atoms with Crippen LogP contribution in [0.15, 0.2) is 17.6 Å². The molecule has 2 heterocycles. The summed E-state index contributed by atoms with van der Waals surface area (Å²) in [6, 6.07) is -0.0595. The lowest BCUT2D eigenvalue weighted by Crippen LogP contribution is -2.50. The largest absolute Gasteiger partial charge is 0.339 e. The molecule has 8 heteroatoms. The molecular weight excluding hydrogens is 276 g/mol. The number of hydrogen-bond acceptors (Lipinski definition) is 4. The van der Waals surface area contributed by atoms with Crippen molar-refractivity contribution in [2.75, 3.05) is 13.1 Å². The van der Waals surface area contributed by atoms with Gasteiger partial charge in [-0.15, -0.1) is 12.4 Å². The molecule has 0 bridgehead atoms. The average Bonchev–Trinajstić information content (AvgIpc) is 2.69. The second kappa shape index (κ2) is 6.01. The van der Waals surface area contributed by atoms with Crippen LogP contribution in [-0.4, -0.2) is 37.1 Å². The monoisotopic (exact) mass is 294 g/mol. The van der Waals surface area contributed by atoms with Crippen LogP contribution in [0.1, 0.15) is 13.3 Å². The highest BCUT2D eigenvalue weighted by molar-refractivity contribution is 7.89. The number of imidazole rings is 1. The van der Waals surface area contributed by atoms with Crippen LogP contribution >= 0.6 is 12.4 Å². The van der Waals surface area contributed by atoms with Gasteiger partial charge >= 0.3 is 0 Å². The van der Waals surface area contributed by atoms with Gasteiger partial charge in [-0.05, 0) is 18.9 Å². The number of hydrogen-bond donors (Lipinski definition) is 2. The Bertz CT molecular complexity index is 488. The fourth-order valence-corrected chi connectivity index (χ4v) is 3.26. The maximum Gasteiger partial charge on any atom is 0.259 e. The van der Waals surface area contributed by atoms with Gasteiger partial charge in [0.1, 0.15) is 0 Å². The summed E-state index contributed by atoms with van der Waals surface area (Å²) in [6.45, 7) is 3.68. The van der Waals surface area contributed by atoms with E-state index in [1.807, 2.05) is 0 Å². The smallest absolute Gasteiger partial charge is 0.259 e. The van der Waals surface area contributed by atoms with E-state index in [1.165, 1.54) is 12.5 Å². The van der Waals surface area contributed by atoms with Gasteiger partial charge in [-0.3, -0.25) is 0 Å². The van der Waals surface area contributed by atoms with Gasteiger partial charge in [-0.1, -0.05) is 6.92 Å². The van der Waals surface area contributed by atoms with Crippen molar-refractivity contribution >= 4 is 22.4 Å². The van der Waals surface area contributed by atoms with Crippen molar-refractivity contribution in [3.8, 4) is 0 Å². The highest BCUT2D eigenvalue weighted by Gasteiger charge is 2.27. The first-order valence-electron chi connectivity index (χ1n) is 5.70. The van der Waals surface area contributed by atoms with Crippen molar-refractivity contribution in [3.63, 3.8) is 0 Å². The number of piperidine rings is 1. The molecule has 104 valence electrons. The minimum absolute atomic E-state index is 0. The number of aryl methyl sites for hydroxylation is 1. The van der Waals surface area contributed by atoms with Crippen molar-refractivity contribution in [3.05, 3.63) is 12.5 Å². The van der Waals surface area contributed by atoms with Crippen molar-refractivity contribution in [2.45, 2.75) is 24.4 Å². The first-order chi connectivity index (χ1) is 7.99. The summed E-state index contributed by atoms with van der Waals surface area (Å²) < 4.78 is 28.4. The van der Waals surface area contributed by atoms with Gasteiger partial charge in [0.25, 0.3) is 10.0 Å². The van der Waals surface area contributed by atoms with Gasteiger partial charge < -0.3 is 9.88 Å². The summed E-state index contributed by atoms with van der Waals surface area (Å²) in [5, 5.41) is 3.27. The molecule has 0 spiro atoms. The number of aromatic nitrogens is 2. The standard InChI is InChI=1S/C10H18N4O2S.ClH/c1-8-3-4-11-5-9(8)13-17(15,16)10-6-14(2)7-12-10;/h6-9,11,13H,3-5H2,1-2H3;1H. The average molecular weight is 295 g/mol. The van der Waals surface area contributed by atoms with E-state index in [4.69, 9.17) is 0 Å². The molecule has 0 aromatic carbocycles. The SMILES string of the molecule is CC1CCNCC1NS(=O)(=O)c1cn(C)cn1.Cl. The molecule has 1 aliphatic heterocycles. The Balaban J connectivity index is 0.00000162. The zero-order valence-electron chi connectivity index (χ0n) is 10.5. The molecule has 0 radical (unpaired) electrons. The molecule has 1 fully saturated rings. The first kappa shape index (κ1) is 15.4. The predicted molar refractivity (Wildman–Crippen MR) is 71.2 cm³/mol. The van der Waals surface area contributed by atoms with Crippen molar-refractivity contribution < 1.29 is 8.42 Å². The lowest BCUT2D eigenvalue weighted by Gasteiger charge is -2.29. The minimum atomic E-state index is -3.49. The van der Waals surface area contributed by atoms with Crippen molar-refractivity contribution in [1.29, 1.82) is 0 Å². The Morgan fingerprint density at radius 1 is 1.56 bits per heavy atom. The lowest BCUT2D eigenvalue weighted by atomic mass is 9.96. The normalized spacial score (nSPS) is 24.6. The maximum atomic E-state index is 12.0. The molecule has 2 atom stereocenters. The molecule has 2 rings (SSSR count).